The average Bonchev–Trinajstić information content (AvgIpc) is 2.64. The number of fused-ring (bicyclic) bond motifs is 1. The molecule has 4 heteroatoms. The zero-order valence-electron chi connectivity index (χ0n) is 13.6. The standard InChI is InChI=1S/C20H22N4/c21-19-18(16-6-5-14-3-1-2-4-15(14)13-16)9-12-23-20(19)24-17-7-10-22-11-8-17/h1-6,9,12-13,17,22H,7-8,10-11,21H2,(H,23,24). The molecule has 24 heavy (non-hydrogen) atoms. The Bertz CT molecular complexity index is 853. The van der Waals surface area contributed by atoms with Gasteiger partial charge in [-0.2, -0.15) is 0 Å². The Hall–Kier alpha value is -2.59. The van der Waals surface area contributed by atoms with Crippen LogP contribution in [0.3, 0.4) is 0 Å². The number of hydrogen-bond acceptors (Lipinski definition) is 4. The molecule has 0 atom stereocenters. The molecule has 4 N–H and O–H groups in total. The quantitative estimate of drug-likeness (QED) is 0.690. The van der Waals surface area contributed by atoms with Crippen LogP contribution in [0.15, 0.2) is 54.7 Å². The van der Waals surface area contributed by atoms with E-state index in [1.165, 1.54) is 10.8 Å². The van der Waals surface area contributed by atoms with Crippen LogP contribution in [0.1, 0.15) is 12.8 Å². The fourth-order valence-corrected chi connectivity index (χ4v) is 3.36. The lowest BCUT2D eigenvalue weighted by molar-refractivity contribution is 0.478. The van der Waals surface area contributed by atoms with Crippen LogP contribution in [-0.4, -0.2) is 24.1 Å². The fraction of sp³-hybridized carbons (Fsp3) is 0.250. The molecule has 4 nitrogen and oxygen atoms in total. The van der Waals surface area contributed by atoms with Crippen LogP contribution < -0.4 is 16.4 Å². The molecule has 0 bridgehead atoms. The first-order valence-corrected chi connectivity index (χ1v) is 8.52. The first-order valence-electron chi connectivity index (χ1n) is 8.52. The number of nitrogens with two attached hydrogens (primary N) is 1. The molecular formula is C20H22N4. The summed E-state index contributed by atoms with van der Waals surface area (Å²) in [7, 11) is 0. The van der Waals surface area contributed by atoms with Gasteiger partial charge in [-0.25, -0.2) is 4.98 Å². The molecule has 2 aromatic carbocycles. The SMILES string of the molecule is Nc1c(-c2ccc3ccccc3c2)ccnc1NC1CCNCC1. The molecule has 0 spiro atoms. The van der Waals surface area contributed by atoms with Gasteiger partial charge in [0, 0.05) is 17.8 Å². The van der Waals surface area contributed by atoms with Crippen molar-refractivity contribution in [1.29, 1.82) is 0 Å². The van der Waals surface area contributed by atoms with E-state index in [2.05, 4.69) is 58.1 Å². The first-order chi connectivity index (χ1) is 11.8. The van der Waals surface area contributed by atoms with Gasteiger partial charge in [0.15, 0.2) is 0 Å². The van der Waals surface area contributed by atoms with Crippen molar-refractivity contribution in [1.82, 2.24) is 10.3 Å². The second-order valence-corrected chi connectivity index (χ2v) is 6.35. The van der Waals surface area contributed by atoms with Crippen LogP contribution >= 0.6 is 0 Å². The summed E-state index contributed by atoms with van der Waals surface area (Å²) in [5.74, 6) is 0.799. The maximum absolute atomic E-state index is 6.44. The second-order valence-electron chi connectivity index (χ2n) is 6.35. The summed E-state index contributed by atoms with van der Waals surface area (Å²) in [6, 6.07) is 17.3. The van der Waals surface area contributed by atoms with E-state index in [-0.39, 0.29) is 0 Å². The van der Waals surface area contributed by atoms with Crippen LogP contribution in [0.5, 0.6) is 0 Å². The molecule has 0 amide bonds. The van der Waals surface area contributed by atoms with Crippen LogP contribution in [0.2, 0.25) is 0 Å². The number of nitrogens with zero attached hydrogens (tertiary/aromatic N) is 1. The summed E-state index contributed by atoms with van der Waals surface area (Å²) < 4.78 is 0. The van der Waals surface area contributed by atoms with Gasteiger partial charge in [-0.05, 0) is 54.4 Å². The molecule has 1 fully saturated rings. The largest absolute Gasteiger partial charge is 0.395 e. The Morgan fingerprint density at radius 2 is 1.79 bits per heavy atom. The summed E-state index contributed by atoms with van der Waals surface area (Å²) >= 11 is 0. The van der Waals surface area contributed by atoms with Crippen molar-refractivity contribution in [2.75, 3.05) is 24.1 Å². The van der Waals surface area contributed by atoms with Crippen molar-refractivity contribution in [3.63, 3.8) is 0 Å². The fourth-order valence-electron chi connectivity index (χ4n) is 3.36. The van der Waals surface area contributed by atoms with E-state index in [9.17, 15) is 0 Å². The van der Waals surface area contributed by atoms with E-state index in [1.807, 2.05) is 12.3 Å². The zero-order valence-corrected chi connectivity index (χ0v) is 13.6. The van der Waals surface area contributed by atoms with Gasteiger partial charge >= 0.3 is 0 Å². The Balaban J connectivity index is 1.68. The smallest absolute Gasteiger partial charge is 0.150 e. The van der Waals surface area contributed by atoms with Crippen molar-refractivity contribution in [2.45, 2.75) is 18.9 Å². The predicted molar refractivity (Wildman–Crippen MR) is 101 cm³/mol. The van der Waals surface area contributed by atoms with E-state index in [4.69, 9.17) is 5.73 Å². The lowest BCUT2D eigenvalue weighted by Crippen LogP contribution is -2.35. The summed E-state index contributed by atoms with van der Waals surface area (Å²) in [5.41, 5.74) is 9.33. The molecule has 0 radical (unpaired) electrons. The Morgan fingerprint density at radius 3 is 2.62 bits per heavy atom. The van der Waals surface area contributed by atoms with Crippen molar-refractivity contribution < 1.29 is 0 Å². The van der Waals surface area contributed by atoms with Gasteiger partial charge in [-0.1, -0.05) is 36.4 Å². The number of piperidine rings is 1. The third-order valence-corrected chi connectivity index (χ3v) is 4.73. The third kappa shape index (κ3) is 2.93. The molecule has 122 valence electrons. The van der Waals surface area contributed by atoms with Gasteiger partial charge < -0.3 is 16.4 Å². The number of pyridine rings is 1. The van der Waals surface area contributed by atoms with Crippen LogP contribution in [0.25, 0.3) is 21.9 Å². The molecule has 1 aromatic heterocycles. The molecule has 1 saturated heterocycles. The average molecular weight is 318 g/mol. The summed E-state index contributed by atoms with van der Waals surface area (Å²) in [6.07, 6.45) is 4.03. The minimum atomic E-state index is 0.438. The second kappa shape index (κ2) is 6.49. The zero-order chi connectivity index (χ0) is 16.4. The Labute approximate surface area is 142 Å². The van der Waals surface area contributed by atoms with E-state index in [1.54, 1.807) is 0 Å². The monoisotopic (exact) mass is 318 g/mol. The van der Waals surface area contributed by atoms with Gasteiger partial charge in [0.25, 0.3) is 0 Å². The van der Waals surface area contributed by atoms with Crippen molar-refractivity contribution in [2.24, 2.45) is 0 Å². The summed E-state index contributed by atoms with van der Waals surface area (Å²) in [5, 5.41) is 9.36. The number of hydrogen-bond donors (Lipinski definition) is 3. The number of nitrogens with one attached hydrogen (secondary N) is 2. The highest BCUT2D eigenvalue weighted by Crippen LogP contribution is 2.32. The molecule has 4 rings (SSSR count). The predicted octanol–water partition coefficient (Wildman–Crippen LogP) is 3.65. The molecule has 0 unspecified atom stereocenters. The van der Waals surface area contributed by atoms with E-state index in [0.29, 0.717) is 6.04 Å². The van der Waals surface area contributed by atoms with E-state index >= 15 is 0 Å². The molecule has 1 aliphatic heterocycles. The van der Waals surface area contributed by atoms with E-state index < -0.39 is 0 Å². The van der Waals surface area contributed by atoms with Crippen LogP contribution in [0.4, 0.5) is 11.5 Å². The van der Waals surface area contributed by atoms with Gasteiger partial charge in [-0.15, -0.1) is 0 Å². The van der Waals surface area contributed by atoms with Crippen molar-refractivity contribution in [3.05, 3.63) is 54.7 Å². The lowest BCUT2D eigenvalue weighted by atomic mass is 10.0. The van der Waals surface area contributed by atoms with E-state index in [0.717, 1.165) is 48.6 Å². The molecule has 2 heterocycles. The van der Waals surface area contributed by atoms with Crippen molar-refractivity contribution >= 4 is 22.3 Å². The number of anilines is 2. The number of rotatable bonds is 3. The maximum atomic E-state index is 6.44. The molecular weight excluding hydrogens is 296 g/mol. The highest BCUT2D eigenvalue weighted by molar-refractivity contribution is 5.91. The maximum Gasteiger partial charge on any atom is 0.150 e. The normalized spacial score (nSPS) is 15.5. The van der Waals surface area contributed by atoms with Gasteiger partial charge in [0.05, 0.1) is 5.69 Å². The molecule has 3 aromatic rings. The van der Waals surface area contributed by atoms with Gasteiger partial charge in [0.1, 0.15) is 5.82 Å². The molecule has 1 aliphatic rings. The summed E-state index contributed by atoms with van der Waals surface area (Å²) in [4.78, 5) is 4.46. The highest BCUT2D eigenvalue weighted by atomic mass is 15.0. The minimum Gasteiger partial charge on any atom is -0.395 e. The number of nitrogen functional groups attached to an aromatic ring is 1. The highest BCUT2D eigenvalue weighted by Gasteiger charge is 2.16. The van der Waals surface area contributed by atoms with Crippen LogP contribution in [0, 0.1) is 0 Å². The lowest BCUT2D eigenvalue weighted by Gasteiger charge is -2.25. The summed E-state index contributed by atoms with van der Waals surface area (Å²) in [6.45, 7) is 2.09. The van der Waals surface area contributed by atoms with Crippen LogP contribution in [-0.2, 0) is 0 Å². The Morgan fingerprint density at radius 1 is 1.00 bits per heavy atom. The Kier molecular flexibility index (Phi) is 4.05. The minimum absolute atomic E-state index is 0.438. The number of benzene rings is 2. The first kappa shape index (κ1) is 15.0. The topological polar surface area (TPSA) is 63.0 Å². The van der Waals surface area contributed by atoms with Gasteiger partial charge in [0.2, 0.25) is 0 Å². The van der Waals surface area contributed by atoms with Gasteiger partial charge in [-0.3, -0.25) is 0 Å². The molecule has 0 saturated carbocycles. The van der Waals surface area contributed by atoms with Crippen molar-refractivity contribution in [3.8, 4) is 11.1 Å². The number of aromatic nitrogens is 1. The molecule has 0 aliphatic carbocycles. The third-order valence-electron chi connectivity index (χ3n) is 4.73.